The molecule has 0 unspecified atom stereocenters. The van der Waals surface area contributed by atoms with Crippen LogP contribution in [0.3, 0.4) is 0 Å². The standard InChI is InChI=1S/C28H30N4O2S2/c1-17-12-25(34-4)18(2)11-20(17)15-32-16-22(36-27-7-5-6-10-29-27)14-24(32)28(33)31-21-8-9-26-23(13-21)30-19(3)35-26/h5-13,22,24H,14-16H2,1-4H3,(H,31,33)/t22-,24+/m1/s1. The van der Waals surface area contributed by atoms with Crippen molar-refractivity contribution < 1.29 is 9.53 Å². The number of anilines is 1. The minimum Gasteiger partial charge on any atom is -0.496 e. The van der Waals surface area contributed by atoms with E-state index in [2.05, 4.69) is 46.2 Å². The molecule has 0 saturated carbocycles. The number of thioether (sulfide) groups is 1. The first-order chi connectivity index (χ1) is 17.4. The van der Waals surface area contributed by atoms with E-state index in [1.165, 1.54) is 11.1 Å². The van der Waals surface area contributed by atoms with Gasteiger partial charge in [-0.25, -0.2) is 9.97 Å². The number of aromatic nitrogens is 2. The van der Waals surface area contributed by atoms with Gasteiger partial charge in [-0.1, -0.05) is 12.1 Å². The van der Waals surface area contributed by atoms with Crippen molar-refractivity contribution in [3.05, 3.63) is 76.4 Å². The van der Waals surface area contributed by atoms with Crippen molar-refractivity contribution in [1.29, 1.82) is 0 Å². The molecular formula is C28H30N4O2S2. The van der Waals surface area contributed by atoms with Gasteiger partial charge < -0.3 is 10.1 Å². The van der Waals surface area contributed by atoms with Crippen LogP contribution in [0.4, 0.5) is 5.69 Å². The number of methoxy groups -OCH3 is 1. The van der Waals surface area contributed by atoms with E-state index in [0.29, 0.717) is 6.54 Å². The summed E-state index contributed by atoms with van der Waals surface area (Å²) in [7, 11) is 1.70. The van der Waals surface area contributed by atoms with Gasteiger partial charge in [0.05, 0.1) is 33.4 Å². The Bertz CT molecular complexity index is 1390. The number of likely N-dealkylation sites (tertiary alicyclic amines) is 1. The second-order valence-corrected chi connectivity index (χ2v) is 11.8. The predicted molar refractivity (Wildman–Crippen MR) is 148 cm³/mol. The van der Waals surface area contributed by atoms with Gasteiger partial charge in [-0.15, -0.1) is 23.1 Å². The van der Waals surface area contributed by atoms with E-state index < -0.39 is 0 Å². The van der Waals surface area contributed by atoms with Gasteiger partial charge in [0.15, 0.2) is 0 Å². The third kappa shape index (κ3) is 5.40. The lowest BCUT2D eigenvalue weighted by molar-refractivity contribution is -0.120. The van der Waals surface area contributed by atoms with Gasteiger partial charge in [0.2, 0.25) is 5.91 Å². The molecule has 186 valence electrons. The predicted octanol–water partition coefficient (Wildman–Crippen LogP) is 6.00. The zero-order valence-electron chi connectivity index (χ0n) is 20.9. The van der Waals surface area contributed by atoms with Crippen molar-refractivity contribution in [3.8, 4) is 5.75 Å². The maximum Gasteiger partial charge on any atom is 0.241 e. The first kappa shape index (κ1) is 24.7. The van der Waals surface area contributed by atoms with Crippen molar-refractivity contribution in [1.82, 2.24) is 14.9 Å². The average molecular weight is 519 g/mol. The minimum absolute atomic E-state index is 0.0216. The number of amides is 1. The topological polar surface area (TPSA) is 67.3 Å². The second-order valence-electron chi connectivity index (χ2n) is 9.24. The number of nitrogens with one attached hydrogen (secondary N) is 1. The summed E-state index contributed by atoms with van der Waals surface area (Å²) >= 11 is 3.41. The Morgan fingerprint density at radius 2 is 2.03 bits per heavy atom. The highest BCUT2D eigenvalue weighted by atomic mass is 32.2. The Kier molecular flexibility index (Phi) is 7.27. The second kappa shape index (κ2) is 10.6. The van der Waals surface area contributed by atoms with Gasteiger partial charge in [0.1, 0.15) is 5.75 Å². The number of benzene rings is 2. The lowest BCUT2D eigenvalue weighted by Crippen LogP contribution is -2.39. The van der Waals surface area contributed by atoms with Crippen molar-refractivity contribution in [2.24, 2.45) is 0 Å². The zero-order valence-corrected chi connectivity index (χ0v) is 22.6. The maximum absolute atomic E-state index is 13.6. The molecule has 4 aromatic rings. The number of carbonyl (C=O) groups is 1. The van der Waals surface area contributed by atoms with E-state index in [9.17, 15) is 4.79 Å². The fraction of sp³-hybridized carbons (Fsp3) is 0.321. The number of ether oxygens (including phenoxy) is 1. The fourth-order valence-corrected chi connectivity index (χ4v) is 6.76. The van der Waals surface area contributed by atoms with Gasteiger partial charge >= 0.3 is 0 Å². The molecule has 0 radical (unpaired) electrons. The van der Waals surface area contributed by atoms with E-state index in [4.69, 9.17) is 4.74 Å². The molecule has 1 saturated heterocycles. The Balaban J connectivity index is 1.38. The van der Waals surface area contributed by atoms with E-state index in [-0.39, 0.29) is 17.2 Å². The summed E-state index contributed by atoms with van der Waals surface area (Å²) in [5, 5.41) is 5.46. The van der Waals surface area contributed by atoms with Crippen molar-refractivity contribution in [2.45, 2.75) is 50.1 Å². The van der Waals surface area contributed by atoms with Gasteiger partial charge in [-0.2, -0.15) is 0 Å². The third-order valence-corrected chi connectivity index (χ3v) is 8.69. The van der Waals surface area contributed by atoms with Crippen molar-refractivity contribution in [2.75, 3.05) is 19.0 Å². The van der Waals surface area contributed by atoms with Crippen molar-refractivity contribution >= 4 is 44.9 Å². The SMILES string of the molecule is COc1cc(C)c(CN2C[C@H](Sc3ccccn3)C[C@H]2C(=O)Nc2ccc3sc(C)nc3c2)cc1C. The van der Waals surface area contributed by atoms with Crippen LogP contribution < -0.4 is 10.1 Å². The number of hydrogen-bond acceptors (Lipinski definition) is 7. The highest BCUT2D eigenvalue weighted by molar-refractivity contribution is 7.99. The van der Waals surface area contributed by atoms with Crippen LogP contribution in [0.2, 0.25) is 0 Å². The molecule has 1 aliphatic heterocycles. The highest BCUT2D eigenvalue weighted by Gasteiger charge is 2.37. The molecule has 1 amide bonds. The number of carbonyl (C=O) groups excluding carboxylic acids is 1. The summed E-state index contributed by atoms with van der Waals surface area (Å²) in [6, 6.07) is 16.0. The number of pyridine rings is 1. The lowest BCUT2D eigenvalue weighted by atomic mass is 10.0. The maximum atomic E-state index is 13.6. The first-order valence-corrected chi connectivity index (χ1v) is 13.7. The van der Waals surface area contributed by atoms with Gasteiger partial charge in [-0.05, 0) is 80.3 Å². The lowest BCUT2D eigenvalue weighted by Gasteiger charge is -2.25. The Hall–Kier alpha value is -2.94. The van der Waals surface area contributed by atoms with Crippen LogP contribution in [0.5, 0.6) is 5.75 Å². The molecule has 36 heavy (non-hydrogen) atoms. The van der Waals surface area contributed by atoms with E-state index in [1.807, 2.05) is 49.5 Å². The summed E-state index contributed by atoms with van der Waals surface area (Å²) in [6.07, 6.45) is 2.58. The number of thiazole rings is 1. The molecule has 2 aromatic carbocycles. The molecule has 2 aromatic heterocycles. The quantitative estimate of drug-likeness (QED) is 0.324. The Morgan fingerprint density at radius 1 is 1.17 bits per heavy atom. The molecule has 1 N–H and O–H groups in total. The van der Waals surface area contributed by atoms with Crippen LogP contribution in [-0.4, -0.2) is 45.7 Å². The van der Waals surface area contributed by atoms with Crippen LogP contribution in [0, 0.1) is 20.8 Å². The van der Waals surface area contributed by atoms with Crippen LogP contribution in [0.1, 0.15) is 28.1 Å². The fourth-order valence-electron chi connectivity index (χ4n) is 4.79. The molecule has 1 aliphatic rings. The zero-order chi connectivity index (χ0) is 25.2. The van der Waals surface area contributed by atoms with Gasteiger partial charge in [0.25, 0.3) is 0 Å². The minimum atomic E-state index is -0.235. The molecule has 0 aliphatic carbocycles. The third-order valence-electron chi connectivity index (χ3n) is 6.58. The van der Waals surface area contributed by atoms with Gasteiger partial charge in [-0.3, -0.25) is 9.69 Å². The Labute approximate surface area is 220 Å². The van der Waals surface area contributed by atoms with Crippen LogP contribution in [0.25, 0.3) is 10.2 Å². The van der Waals surface area contributed by atoms with E-state index >= 15 is 0 Å². The van der Waals surface area contributed by atoms with Crippen LogP contribution in [0.15, 0.2) is 59.8 Å². The largest absolute Gasteiger partial charge is 0.496 e. The normalized spacial score (nSPS) is 18.0. The van der Waals surface area contributed by atoms with E-state index in [0.717, 1.165) is 50.2 Å². The molecule has 8 heteroatoms. The first-order valence-electron chi connectivity index (χ1n) is 12.0. The molecular weight excluding hydrogens is 488 g/mol. The Morgan fingerprint density at radius 3 is 2.81 bits per heavy atom. The highest BCUT2D eigenvalue weighted by Crippen LogP contribution is 2.34. The molecule has 0 spiro atoms. The van der Waals surface area contributed by atoms with Gasteiger partial charge in [0, 0.05) is 30.2 Å². The monoisotopic (exact) mass is 518 g/mol. The summed E-state index contributed by atoms with van der Waals surface area (Å²) in [6.45, 7) is 7.69. The number of rotatable bonds is 7. The van der Waals surface area contributed by atoms with E-state index in [1.54, 1.807) is 30.2 Å². The molecule has 6 nitrogen and oxygen atoms in total. The summed E-state index contributed by atoms with van der Waals surface area (Å²) in [5.74, 6) is 0.913. The number of hydrogen-bond donors (Lipinski definition) is 1. The summed E-state index contributed by atoms with van der Waals surface area (Å²) in [5.41, 5.74) is 5.20. The molecule has 5 rings (SSSR count). The van der Waals surface area contributed by atoms with Crippen LogP contribution in [-0.2, 0) is 11.3 Å². The number of fused-ring (bicyclic) bond motifs is 1. The van der Waals surface area contributed by atoms with Crippen LogP contribution >= 0.6 is 23.1 Å². The smallest absolute Gasteiger partial charge is 0.241 e. The average Bonchev–Trinajstić information content (AvgIpc) is 3.43. The molecule has 0 bridgehead atoms. The number of nitrogens with zero attached hydrogens (tertiary/aromatic N) is 3. The summed E-state index contributed by atoms with van der Waals surface area (Å²) in [4.78, 5) is 25.0. The molecule has 2 atom stereocenters. The molecule has 1 fully saturated rings. The van der Waals surface area contributed by atoms with Crippen molar-refractivity contribution in [3.63, 3.8) is 0 Å². The summed E-state index contributed by atoms with van der Waals surface area (Å²) < 4.78 is 6.63. The molecule has 3 heterocycles. The number of aryl methyl sites for hydroxylation is 3.